The molecule has 1 aliphatic rings. The topological polar surface area (TPSA) is 87.1 Å². The van der Waals surface area contributed by atoms with Gasteiger partial charge in [0.1, 0.15) is 0 Å². The third kappa shape index (κ3) is 5.54. The van der Waals surface area contributed by atoms with Crippen molar-refractivity contribution in [3.8, 4) is 0 Å². The highest BCUT2D eigenvalue weighted by molar-refractivity contribution is 5.87. The van der Waals surface area contributed by atoms with Crippen molar-refractivity contribution in [2.75, 3.05) is 17.7 Å². The number of carboxylic acids is 1. The summed E-state index contributed by atoms with van der Waals surface area (Å²) in [7, 11) is 1.79. The number of nitrogens with one attached hydrogen (secondary N) is 2. The number of benzene rings is 2. The zero-order valence-corrected chi connectivity index (χ0v) is 16.0. The molecule has 6 heteroatoms. The Kier molecular flexibility index (Phi) is 6.22. The van der Waals surface area contributed by atoms with Crippen LogP contribution in [0.25, 0.3) is 0 Å². The van der Waals surface area contributed by atoms with Crippen molar-refractivity contribution in [3.63, 3.8) is 0 Å². The molecule has 2 aromatic carbocycles. The number of aromatic nitrogens is 2. The van der Waals surface area contributed by atoms with Gasteiger partial charge in [0.2, 0.25) is 5.95 Å². The second-order valence-corrected chi connectivity index (χ2v) is 6.66. The van der Waals surface area contributed by atoms with E-state index in [0.717, 1.165) is 17.1 Å². The van der Waals surface area contributed by atoms with Gasteiger partial charge in [0.25, 0.3) is 0 Å². The Morgan fingerprint density at radius 3 is 2.25 bits per heavy atom. The van der Waals surface area contributed by atoms with Gasteiger partial charge in [-0.25, -0.2) is 14.8 Å². The number of hydrogen-bond donors (Lipinski definition) is 3. The van der Waals surface area contributed by atoms with Gasteiger partial charge >= 0.3 is 5.97 Å². The van der Waals surface area contributed by atoms with Crippen LogP contribution in [0.4, 0.5) is 17.3 Å². The zero-order chi connectivity index (χ0) is 19.9. The van der Waals surface area contributed by atoms with Crippen LogP contribution in [0.5, 0.6) is 0 Å². The molecule has 0 unspecified atom stereocenters. The van der Waals surface area contributed by atoms with E-state index in [1.807, 2.05) is 37.3 Å². The second kappa shape index (κ2) is 8.99. The molecule has 0 atom stereocenters. The average molecular weight is 376 g/mol. The van der Waals surface area contributed by atoms with E-state index in [9.17, 15) is 4.79 Å². The molecule has 1 fully saturated rings. The fraction of sp³-hybridized carbons (Fsp3) is 0.227. The first kappa shape index (κ1) is 19.4. The molecule has 0 saturated heterocycles. The number of anilines is 3. The fourth-order valence-corrected chi connectivity index (χ4v) is 2.67. The number of aryl methyl sites for hydroxylation is 1. The van der Waals surface area contributed by atoms with Gasteiger partial charge in [-0.1, -0.05) is 18.2 Å². The lowest BCUT2D eigenvalue weighted by atomic mass is 10.2. The number of hydrogen-bond acceptors (Lipinski definition) is 5. The number of para-hydroxylation sites is 1. The molecule has 1 aliphatic carbocycles. The Morgan fingerprint density at radius 1 is 1.00 bits per heavy atom. The van der Waals surface area contributed by atoms with Crippen molar-refractivity contribution in [1.29, 1.82) is 0 Å². The Morgan fingerprint density at radius 2 is 1.68 bits per heavy atom. The number of carboxylic acid groups (broad SMARTS) is 1. The van der Waals surface area contributed by atoms with Crippen LogP contribution in [-0.2, 0) is 0 Å². The van der Waals surface area contributed by atoms with Gasteiger partial charge in [-0.05, 0) is 62.2 Å². The Labute approximate surface area is 164 Å². The van der Waals surface area contributed by atoms with E-state index in [2.05, 4.69) is 26.7 Å². The molecule has 1 aromatic heterocycles. The first-order chi connectivity index (χ1) is 13.5. The van der Waals surface area contributed by atoms with Crippen molar-refractivity contribution in [2.45, 2.75) is 25.7 Å². The van der Waals surface area contributed by atoms with E-state index < -0.39 is 5.97 Å². The summed E-state index contributed by atoms with van der Waals surface area (Å²) in [5, 5.41) is 14.7. The maximum atomic E-state index is 10.4. The molecule has 1 heterocycles. The van der Waals surface area contributed by atoms with E-state index in [-0.39, 0.29) is 0 Å². The van der Waals surface area contributed by atoms with E-state index in [0.29, 0.717) is 17.4 Å². The van der Waals surface area contributed by atoms with Gasteiger partial charge in [-0.2, -0.15) is 0 Å². The summed E-state index contributed by atoms with van der Waals surface area (Å²) in [6.07, 6.45) is 2.53. The lowest BCUT2D eigenvalue weighted by Crippen LogP contribution is -2.01. The molecular weight excluding hydrogens is 352 g/mol. The molecule has 1 saturated carbocycles. The molecule has 3 aromatic rings. The van der Waals surface area contributed by atoms with Crippen LogP contribution in [0, 0.1) is 6.92 Å². The summed E-state index contributed by atoms with van der Waals surface area (Å²) >= 11 is 0. The quantitative estimate of drug-likeness (QED) is 0.591. The molecule has 6 nitrogen and oxygen atoms in total. The number of aromatic carboxylic acids is 1. The third-order valence-electron chi connectivity index (χ3n) is 4.32. The summed E-state index contributed by atoms with van der Waals surface area (Å²) in [5.41, 5.74) is 4.45. The van der Waals surface area contributed by atoms with Gasteiger partial charge in [-0.3, -0.25) is 0 Å². The first-order valence-corrected chi connectivity index (χ1v) is 9.24. The van der Waals surface area contributed by atoms with Crippen LogP contribution >= 0.6 is 0 Å². The SMILES string of the molecule is CNc1ccc(C(=O)O)cc1.Cc1cc(C2CC2)nc(Nc2ccccc2)n1. The van der Waals surface area contributed by atoms with Crippen molar-refractivity contribution >= 4 is 23.3 Å². The summed E-state index contributed by atoms with van der Waals surface area (Å²) in [6, 6.07) is 18.7. The monoisotopic (exact) mass is 376 g/mol. The Hall–Kier alpha value is -3.41. The normalized spacial score (nSPS) is 12.5. The predicted octanol–water partition coefficient (Wildman–Crippen LogP) is 4.83. The van der Waals surface area contributed by atoms with Crippen molar-refractivity contribution < 1.29 is 9.90 Å². The second-order valence-electron chi connectivity index (χ2n) is 6.66. The number of nitrogens with zero attached hydrogens (tertiary/aromatic N) is 2. The Bertz CT molecular complexity index is 923. The highest BCUT2D eigenvalue weighted by Crippen LogP contribution is 2.39. The van der Waals surface area contributed by atoms with Crippen molar-refractivity contribution in [1.82, 2.24) is 9.97 Å². The van der Waals surface area contributed by atoms with Crippen LogP contribution in [0.2, 0.25) is 0 Å². The van der Waals surface area contributed by atoms with Gasteiger partial charge < -0.3 is 15.7 Å². The molecule has 28 heavy (non-hydrogen) atoms. The molecule has 3 N–H and O–H groups in total. The summed E-state index contributed by atoms with van der Waals surface area (Å²) in [4.78, 5) is 19.4. The minimum atomic E-state index is -0.896. The first-order valence-electron chi connectivity index (χ1n) is 9.24. The lowest BCUT2D eigenvalue weighted by Gasteiger charge is -2.07. The summed E-state index contributed by atoms with van der Waals surface area (Å²) in [6.45, 7) is 2.02. The van der Waals surface area contributed by atoms with Gasteiger partial charge in [0, 0.05) is 35.7 Å². The minimum Gasteiger partial charge on any atom is -0.478 e. The van der Waals surface area contributed by atoms with Crippen LogP contribution in [0.3, 0.4) is 0 Å². The van der Waals surface area contributed by atoms with E-state index in [4.69, 9.17) is 5.11 Å². The maximum Gasteiger partial charge on any atom is 0.335 e. The molecular formula is C22H24N4O2. The van der Waals surface area contributed by atoms with Crippen LogP contribution in [0.15, 0.2) is 60.7 Å². The van der Waals surface area contributed by atoms with E-state index >= 15 is 0 Å². The highest BCUT2D eigenvalue weighted by Gasteiger charge is 2.25. The zero-order valence-electron chi connectivity index (χ0n) is 16.0. The molecule has 0 radical (unpaired) electrons. The van der Waals surface area contributed by atoms with Crippen molar-refractivity contribution in [3.05, 3.63) is 77.6 Å². The summed E-state index contributed by atoms with van der Waals surface area (Å²) < 4.78 is 0. The Balaban J connectivity index is 0.000000178. The minimum absolute atomic E-state index is 0.309. The maximum absolute atomic E-state index is 10.4. The highest BCUT2D eigenvalue weighted by atomic mass is 16.4. The number of rotatable bonds is 5. The largest absolute Gasteiger partial charge is 0.478 e. The molecule has 0 bridgehead atoms. The van der Waals surface area contributed by atoms with Crippen LogP contribution in [-0.4, -0.2) is 28.1 Å². The average Bonchev–Trinajstić information content (AvgIpc) is 3.54. The van der Waals surface area contributed by atoms with E-state index in [1.54, 1.807) is 31.3 Å². The van der Waals surface area contributed by atoms with Gasteiger partial charge in [0.15, 0.2) is 0 Å². The summed E-state index contributed by atoms with van der Waals surface area (Å²) in [5.74, 6) is 0.471. The van der Waals surface area contributed by atoms with E-state index in [1.165, 1.54) is 18.5 Å². The van der Waals surface area contributed by atoms with Gasteiger partial charge in [-0.15, -0.1) is 0 Å². The predicted molar refractivity (Wildman–Crippen MR) is 111 cm³/mol. The molecule has 0 amide bonds. The van der Waals surface area contributed by atoms with Crippen molar-refractivity contribution in [2.24, 2.45) is 0 Å². The standard InChI is InChI=1S/C14H15N3.C8H9NO2/c1-10-9-13(11-7-8-11)17-14(15-10)16-12-5-3-2-4-6-12;1-9-7-4-2-6(3-5-7)8(10)11/h2-6,9,11H,7-8H2,1H3,(H,15,16,17);2-5,9H,1H3,(H,10,11). The number of carbonyl (C=O) groups is 1. The molecule has 4 rings (SSSR count). The molecule has 0 spiro atoms. The van der Waals surface area contributed by atoms with Crippen LogP contribution in [0.1, 0.15) is 40.5 Å². The lowest BCUT2D eigenvalue weighted by molar-refractivity contribution is 0.0697. The van der Waals surface area contributed by atoms with Gasteiger partial charge in [0.05, 0.1) is 5.56 Å². The fourth-order valence-electron chi connectivity index (χ4n) is 2.67. The third-order valence-corrected chi connectivity index (χ3v) is 4.32. The molecule has 144 valence electrons. The smallest absolute Gasteiger partial charge is 0.335 e. The molecule has 0 aliphatic heterocycles. The van der Waals surface area contributed by atoms with Crippen LogP contribution < -0.4 is 10.6 Å².